The van der Waals surface area contributed by atoms with Gasteiger partial charge in [0.1, 0.15) is 6.04 Å². The third kappa shape index (κ3) is 3.02. The van der Waals surface area contributed by atoms with Gasteiger partial charge in [-0.05, 0) is 19.9 Å². The van der Waals surface area contributed by atoms with Crippen molar-refractivity contribution in [2.75, 3.05) is 7.11 Å². The van der Waals surface area contributed by atoms with Crippen LogP contribution in [0.3, 0.4) is 0 Å². The number of amides is 1. The third-order valence-corrected chi connectivity index (χ3v) is 2.55. The highest BCUT2D eigenvalue weighted by atomic mass is 16.5. The van der Waals surface area contributed by atoms with Crippen LogP contribution in [0.15, 0.2) is 16.7 Å². The molecule has 0 saturated carbocycles. The number of ether oxygens (including phenoxy) is 1. The molecule has 0 aliphatic heterocycles. The Morgan fingerprint density at radius 3 is 2.85 bits per heavy atom. The number of carbonyl (C=O) groups is 1. The molecule has 0 aliphatic carbocycles. The summed E-state index contributed by atoms with van der Waals surface area (Å²) in [6.45, 7) is 3.44. The van der Waals surface area contributed by atoms with E-state index in [0.29, 0.717) is 17.3 Å². The molecule has 1 amide bonds. The highest BCUT2D eigenvalue weighted by Crippen LogP contribution is 2.22. The lowest BCUT2D eigenvalue weighted by molar-refractivity contribution is 0.187. The summed E-state index contributed by atoms with van der Waals surface area (Å²) in [5.74, 6) is 0.988. The summed E-state index contributed by atoms with van der Waals surface area (Å²) >= 11 is 0. The lowest BCUT2D eigenvalue weighted by Crippen LogP contribution is -2.24. The average molecular weight is 278 g/mol. The molecule has 106 valence electrons. The Bertz CT molecular complexity index is 626. The monoisotopic (exact) mass is 278 g/mol. The van der Waals surface area contributed by atoms with E-state index in [-0.39, 0.29) is 5.89 Å². The van der Waals surface area contributed by atoms with Gasteiger partial charge in [0, 0.05) is 17.3 Å². The van der Waals surface area contributed by atoms with Crippen molar-refractivity contribution in [3.63, 3.8) is 0 Å². The van der Waals surface area contributed by atoms with Crippen molar-refractivity contribution in [3.8, 4) is 17.3 Å². The zero-order valence-corrected chi connectivity index (χ0v) is 11.2. The number of aryl methyl sites for hydroxylation is 1. The topological polar surface area (TPSA) is 110 Å². The first-order chi connectivity index (χ1) is 9.49. The molecule has 2 N–H and O–H groups in total. The SMILES string of the molecule is COc1cc(-c2noc([C@H](C)NC(=O)O)n2)cc(C)n1. The molecule has 0 radical (unpaired) electrons. The summed E-state index contributed by atoms with van der Waals surface area (Å²) in [6, 6.07) is 2.88. The normalized spacial score (nSPS) is 11.9. The summed E-state index contributed by atoms with van der Waals surface area (Å²) in [6.07, 6.45) is -1.15. The second-order valence-corrected chi connectivity index (χ2v) is 4.17. The third-order valence-electron chi connectivity index (χ3n) is 2.55. The van der Waals surface area contributed by atoms with Crippen molar-refractivity contribution in [1.29, 1.82) is 0 Å². The number of hydrogen-bond acceptors (Lipinski definition) is 6. The van der Waals surface area contributed by atoms with Gasteiger partial charge in [-0.25, -0.2) is 9.78 Å². The molecule has 20 heavy (non-hydrogen) atoms. The van der Waals surface area contributed by atoms with Gasteiger partial charge in [0.05, 0.1) is 7.11 Å². The minimum absolute atomic E-state index is 0.191. The molecule has 0 bridgehead atoms. The zero-order chi connectivity index (χ0) is 14.7. The first-order valence-corrected chi connectivity index (χ1v) is 5.85. The molecule has 0 saturated heterocycles. The van der Waals surface area contributed by atoms with Crippen LogP contribution in [-0.2, 0) is 0 Å². The predicted molar refractivity (Wildman–Crippen MR) is 68.4 cm³/mol. The summed E-state index contributed by atoms with van der Waals surface area (Å²) in [5, 5.41) is 14.7. The maximum atomic E-state index is 10.6. The van der Waals surface area contributed by atoms with Crippen molar-refractivity contribution in [3.05, 3.63) is 23.7 Å². The van der Waals surface area contributed by atoms with Crippen LogP contribution in [0, 0.1) is 6.92 Å². The van der Waals surface area contributed by atoms with Gasteiger partial charge in [-0.2, -0.15) is 4.98 Å². The first-order valence-electron chi connectivity index (χ1n) is 5.85. The summed E-state index contributed by atoms with van der Waals surface area (Å²) in [4.78, 5) is 18.9. The maximum absolute atomic E-state index is 10.6. The van der Waals surface area contributed by atoms with Gasteiger partial charge in [-0.15, -0.1) is 0 Å². The predicted octanol–water partition coefficient (Wildman–Crippen LogP) is 1.78. The Labute approximate surface area is 114 Å². The van der Waals surface area contributed by atoms with Crippen LogP contribution in [0.5, 0.6) is 5.88 Å². The van der Waals surface area contributed by atoms with Crippen molar-refractivity contribution in [2.24, 2.45) is 0 Å². The minimum atomic E-state index is -1.15. The van der Waals surface area contributed by atoms with Crippen LogP contribution in [0.25, 0.3) is 11.4 Å². The van der Waals surface area contributed by atoms with E-state index in [2.05, 4.69) is 20.4 Å². The van der Waals surface area contributed by atoms with Crippen LogP contribution in [0.2, 0.25) is 0 Å². The van der Waals surface area contributed by atoms with E-state index in [4.69, 9.17) is 14.4 Å². The summed E-state index contributed by atoms with van der Waals surface area (Å²) in [5.41, 5.74) is 1.44. The van der Waals surface area contributed by atoms with Crippen molar-refractivity contribution >= 4 is 6.09 Å². The fourth-order valence-electron chi connectivity index (χ4n) is 1.65. The van der Waals surface area contributed by atoms with E-state index in [1.807, 2.05) is 6.92 Å². The Kier molecular flexibility index (Phi) is 3.83. The molecule has 8 heteroatoms. The lowest BCUT2D eigenvalue weighted by atomic mass is 10.2. The second kappa shape index (κ2) is 5.55. The molecule has 2 heterocycles. The van der Waals surface area contributed by atoms with Crippen LogP contribution in [-0.4, -0.2) is 33.4 Å². The Balaban J connectivity index is 2.28. The number of hydrogen-bond donors (Lipinski definition) is 2. The molecule has 0 spiro atoms. The van der Waals surface area contributed by atoms with E-state index < -0.39 is 12.1 Å². The number of pyridine rings is 1. The smallest absolute Gasteiger partial charge is 0.405 e. The quantitative estimate of drug-likeness (QED) is 0.876. The molecule has 2 aromatic rings. The number of nitrogens with zero attached hydrogens (tertiary/aromatic N) is 3. The Morgan fingerprint density at radius 1 is 1.45 bits per heavy atom. The van der Waals surface area contributed by atoms with E-state index >= 15 is 0 Å². The first kappa shape index (κ1) is 13.8. The van der Waals surface area contributed by atoms with Gasteiger partial charge < -0.3 is 19.7 Å². The largest absolute Gasteiger partial charge is 0.481 e. The number of methoxy groups -OCH3 is 1. The molecule has 0 aromatic carbocycles. The Morgan fingerprint density at radius 2 is 2.20 bits per heavy atom. The van der Waals surface area contributed by atoms with Gasteiger partial charge in [0.25, 0.3) is 0 Å². The van der Waals surface area contributed by atoms with Crippen LogP contribution in [0.1, 0.15) is 24.6 Å². The molecular weight excluding hydrogens is 264 g/mol. The molecule has 0 aliphatic rings. The maximum Gasteiger partial charge on any atom is 0.405 e. The Hall–Kier alpha value is -2.64. The minimum Gasteiger partial charge on any atom is -0.481 e. The van der Waals surface area contributed by atoms with Gasteiger partial charge in [0.2, 0.25) is 17.6 Å². The van der Waals surface area contributed by atoms with Crippen LogP contribution in [0.4, 0.5) is 4.79 Å². The highest BCUT2D eigenvalue weighted by molar-refractivity contribution is 5.65. The molecule has 2 aromatic heterocycles. The van der Waals surface area contributed by atoms with E-state index in [1.165, 1.54) is 7.11 Å². The van der Waals surface area contributed by atoms with E-state index in [0.717, 1.165) is 5.69 Å². The second-order valence-electron chi connectivity index (χ2n) is 4.17. The molecule has 0 unspecified atom stereocenters. The molecule has 8 nitrogen and oxygen atoms in total. The lowest BCUT2D eigenvalue weighted by Gasteiger charge is -2.04. The van der Waals surface area contributed by atoms with Crippen molar-refractivity contribution in [1.82, 2.24) is 20.4 Å². The molecule has 0 fully saturated rings. The average Bonchev–Trinajstić information content (AvgIpc) is 2.86. The van der Waals surface area contributed by atoms with Gasteiger partial charge >= 0.3 is 6.09 Å². The zero-order valence-electron chi connectivity index (χ0n) is 11.2. The molecule has 2 rings (SSSR count). The van der Waals surface area contributed by atoms with Crippen LogP contribution < -0.4 is 10.1 Å². The molecule has 1 atom stereocenters. The van der Waals surface area contributed by atoms with Gasteiger partial charge in [-0.3, -0.25) is 0 Å². The van der Waals surface area contributed by atoms with Crippen LogP contribution >= 0.6 is 0 Å². The summed E-state index contributed by atoms with van der Waals surface area (Å²) in [7, 11) is 1.52. The van der Waals surface area contributed by atoms with E-state index in [9.17, 15) is 4.79 Å². The van der Waals surface area contributed by atoms with Gasteiger partial charge in [0.15, 0.2) is 0 Å². The highest BCUT2D eigenvalue weighted by Gasteiger charge is 2.17. The number of aromatic nitrogens is 3. The fraction of sp³-hybridized carbons (Fsp3) is 0.333. The van der Waals surface area contributed by atoms with Crippen molar-refractivity contribution in [2.45, 2.75) is 19.9 Å². The fourth-order valence-corrected chi connectivity index (χ4v) is 1.65. The van der Waals surface area contributed by atoms with Crippen molar-refractivity contribution < 1.29 is 19.2 Å². The summed E-state index contributed by atoms with van der Waals surface area (Å²) < 4.78 is 10.1. The molecular formula is C12H14N4O4. The van der Waals surface area contributed by atoms with E-state index in [1.54, 1.807) is 19.1 Å². The number of carboxylic acid groups (broad SMARTS) is 1. The number of rotatable bonds is 4. The van der Waals surface area contributed by atoms with Gasteiger partial charge in [-0.1, -0.05) is 5.16 Å². The standard InChI is InChI=1S/C12H14N4O4/c1-6-4-8(5-9(13-6)19-3)10-15-11(20-16-10)7(2)14-12(17)18/h4-5,7,14H,1-3H3,(H,17,18)/t7-/m0/s1. The number of nitrogens with one attached hydrogen (secondary N) is 1.